The molecule has 45 heavy (non-hydrogen) atoms. The van der Waals surface area contributed by atoms with Crippen LogP contribution in [-0.4, -0.2) is 56.1 Å². The highest BCUT2D eigenvalue weighted by atomic mass is 35.5. The molecule has 1 amide bonds. The molecule has 4 aromatic rings. The fourth-order valence-corrected chi connectivity index (χ4v) is 6.47. The Labute approximate surface area is 273 Å². The maximum atomic E-state index is 13.6. The molecule has 1 saturated heterocycles. The van der Waals surface area contributed by atoms with Crippen molar-refractivity contribution >= 4 is 46.6 Å². The van der Waals surface area contributed by atoms with Crippen molar-refractivity contribution < 1.29 is 9.18 Å². The van der Waals surface area contributed by atoms with E-state index in [0.29, 0.717) is 65.2 Å². The predicted octanol–water partition coefficient (Wildman–Crippen LogP) is 4.89. The molecule has 0 spiro atoms. The van der Waals surface area contributed by atoms with Gasteiger partial charge in [-0.25, -0.2) is 14.2 Å². The molecule has 1 saturated carbocycles. The number of anilines is 1. The molecule has 2 fully saturated rings. The van der Waals surface area contributed by atoms with Gasteiger partial charge in [-0.2, -0.15) is 4.98 Å². The molecule has 0 N–H and O–H groups in total. The Bertz CT molecular complexity index is 1820. The quantitative estimate of drug-likeness (QED) is 0.176. The third-order valence-corrected chi connectivity index (χ3v) is 9.77. The first-order valence-electron chi connectivity index (χ1n) is 14.7. The van der Waals surface area contributed by atoms with Crippen LogP contribution in [-0.2, 0) is 30.1 Å². The highest BCUT2D eigenvalue weighted by molar-refractivity contribution is 7.98. The second-order valence-electron chi connectivity index (χ2n) is 11.4. The summed E-state index contributed by atoms with van der Waals surface area (Å²) < 4.78 is 16.8. The van der Waals surface area contributed by atoms with Crippen LogP contribution < -0.4 is 16.1 Å². The number of hydrogen-bond acceptors (Lipinski definition) is 7. The van der Waals surface area contributed by atoms with Gasteiger partial charge in [0.2, 0.25) is 5.91 Å². The van der Waals surface area contributed by atoms with E-state index in [2.05, 4.69) is 14.9 Å². The second-order valence-corrected chi connectivity index (χ2v) is 13.1. The van der Waals surface area contributed by atoms with Crippen molar-refractivity contribution in [3.05, 3.63) is 114 Å². The minimum atomic E-state index is -0.407. The molecule has 2 aliphatic rings. The summed E-state index contributed by atoms with van der Waals surface area (Å²) in [5.74, 6) is 0.515. The average molecular weight is 670 g/mol. The van der Waals surface area contributed by atoms with Gasteiger partial charge in [-0.15, -0.1) is 0 Å². The number of halogens is 3. The monoisotopic (exact) mass is 668 g/mol. The number of piperazine rings is 1. The van der Waals surface area contributed by atoms with Gasteiger partial charge in [0.05, 0.1) is 10.0 Å². The SMILES string of the molecule is O=C(Cn1cc(Cc2cnc(=O)n(CC3CC3)c2)c(=O)nc1SCc1ccc(F)cc1)N1CCN(c2ccc(Cl)c(Cl)c2)CC1. The van der Waals surface area contributed by atoms with Crippen LogP contribution in [0.1, 0.15) is 29.5 Å². The van der Waals surface area contributed by atoms with E-state index >= 15 is 0 Å². The van der Waals surface area contributed by atoms with Crippen molar-refractivity contribution in [1.82, 2.24) is 24.0 Å². The standard InChI is InChI=1S/C32H31Cl2FN6O3S/c33-27-8-7-26(14-28(27)34)38-9-11-39(12-10-38)29(42)19-41-18-24(13-23-15-36-31(44)40(17-23)16-21-1-2-21)30(43)37-32(41)45-20-22-3-5-25(35)6-4-22/h3-8,14-15,17-18,21H,1-2,9-13,16,19-20H2. The summed E-state index contributed by atoms with van der Waals surface area (Å²) in [5, 5.41) is 1.37. The lowest BCUT2D eigenvalue weighted by molar-refractivity contribution is -0.132. The average Bonchev–Trinajstić information content (AvgIpc) is 3.86. The third-order valence-electron chi connectivity index (χ3n) is 7.97. The molecule has 2 aromatic heterocycles. The van der Waals surface area contributed by atoms with Crippen molar-refractivity contribution in [3.63, 3.8) is 0 Å². The van der Waals surface area contributed by atoms with E-state index in [0.717, 1.165) is 29.7 Å². The molecule has 13 heteroatoms. The summed E-state index contributed by atoms with van der Waals surface area (Å²) in [6, 6.07) is 11.6. The Balaban J connectivity index is 1.20. The number of thioether (sulfide) groups is 1. The number of benzene rings is 2. The van der Waals surface area contributed by atoms with Crippen molar-refractivity contribution in [1.29, 1.82) is 0 Å². The van der Waals surface area contributed by atoms with Crippen LogP contribution in [0.2, 0.25) is 10.0 Å². The maximum absolute atomic E-state index is 13.6. The van der Waals surface area contributed by atoms with E-state index in [1.165, 1.54) is 30.1 Å². The first-order chi connectivity index (χ1) is 21.7. The number of hydrogen-bond donors (Lipinski definition) is 0. The van der Waals surface area contributed by atoms with Crippen LogP contribution >= 0.6 is 35.0 Å². The number of rotatable bonds is 10. The minimum Gasteiger partial charge on any atom is -0.368 e. The summed E-state index contributed by atoms with van der Waals surface area (Å²) in [6.45, 7) is 2.92. The molecule has 1 aliphatic heterocycles. The van der Waals surface area contributed by atoms with Crippen LogP contribution in [0, 0.1) is 11.7 Å². The molecule has 0 atom stereocenters. The summed E-state index contributed by atoms with van der Waals surface area (Å²) in [7, 11) is 0. The van der Waals surface area contributed by atoms with Gasteiger partial charge in [0.1, 0.15) is 12.4 Å². The van der Waals surface area contributed by atoms with Gasteiger partial charge < -0.3 is 14.4 Å². The molecule has 234 valence electrons. The maximum Gasteiger partial charge on any atom is 0.347 e. The Kier molecular flexibility index (Phi) is 9.58. The Hall–Kier alpha value is -3.67. The smallest absolute Gasteiger partial charge is 0.347 e. The van der Waals surface area contributed by atoms with E-state index in [-0.39, 0.29) is 30.4 Å². The summed E-state index contributed by atoms with van der Waals surface area (Å²) in [6.07, 6.45) is 7.35. The molecule has 0 unspecified atom stereocenters. The summed E-state index contributed by atoms with van der Waals surface area (Å²) in [4.78, 5) is 51.4. The lowest BCUT2D eigenvalue weighted by atomic mass is 10.1. The van der Waals surface area contributed by atoms with Gasteiger partial charge in [-0.1, -0.05) is 47.1 Å². The second kappa shape index (κ2) is 13.8. The zero-order valence-electron chi connectivity index (χ0n) is 24.4. The first-order valence-corrected chi connectivity index (χ1v) is 16.5. The normalized spacial score (nSPS) is 15.0. The van der Waals surface area contributed by atoms with E-state index < -0.39 is 5.56 Å². The lowest BCUT2D eigenvalue weighted by Crippen LogP contribution is -2.49. The van der Waals surface area contributed by atoms with Crippen LogP contribution in [0.15, 0.2) is 75.8 Å². The minimum absolute atomic E-state index is 0.00175. The Morgan fingerprint density at radius 3 is 2.40 bits per heavy atom. The Morgan fingerprint density at radius 1 is 0.933 bits per heavy atom. The number of nitrogens with zero attached hydrogens (tertiary/aromatic N) is 6. The zero-order valence-corrected chi connectivity index (χ0v) is 26.7. The van der Waals surface area contributed by atoms with Crippen molar-refractivity contribution in [2.45, 2.75) is 43.3 Å². The molecule has 3 heterocycles. The Morgan fingerprint density at radius 2 is 1.69 bits per heavy atom. The number of amides is 1. The third kappa shape index (κ3) is 7.95. The number of carbonyl (C=O) groups excluding carboxylic acids is 1. The van der Waals surface area contributed by atoms with Gasteiger partial charge in [0.25, 0.3) is 5.56 Å². The van der Waals surface area contributed by atoms with E-state index in [1.807, 2.05) is 12.1 Å². The van der Waals surface area contributed by atoms with Crippen LogP contribution in [0.4, 0.5) is 10.1 Å². The molecule has 1 aliphatic carbocycles. The summed E-state index contributed by atoms with van der Waals surface area (Å²) in [5.41, 5.74) is 2.21. The van der Waals surface area contributed by atoms with Crippen LogP contribution in [0.25, 0.3) is 0 Å². The van der Waals surface area contributed by atoms with E-state index in [1.54, 1.807) is 44.6 Å². The highest BCUT2D eigenvalue weighted by Crippen LogP contribution is 2.30. The summed E-state index contributed by atoms with van der Waals surface area (Å²) >= 11 is 13.6. The van der Waals surface area contributed by atoms with Crippen molar-refractivity contribution in [2.24, 2.45) is 5.92 Å². The van der Waals surface area contributed by atoms with Gasteiger partial charge >= 0.3 is 5.69 Å². The topological polar surface area (TPSA) is 93.3 Å². The van der Waals surface area contributed by atoms with Crippen LogP contribution in [0.3, 0.4) is 0 Å². The largest absolute Gasteiger partial charge is 0.368 e. The van der Waals surface area contributed by atoms with Gasteiger partial charge in [0.15, 0.2) is 5.16 Å². The predicted molar refractivity (Wildman–Crippen MR) is 174 cm³/mol. The number of aromatic nitrogens is 4. The van der Waals surface area contributed by atoms with Gasteiger partial charge in [-0.3, -0.25) is 14.2 Å². The molecule has 9 nitrogen and oxygen atoms in total. The fourth-order valence-electron chi connectivity index (χ4n) is 5.26. The molecular formula is C32H31Cl2FN6O3S. The van der Waals surface area contributed by atoms with E-state index in [9.17, 15) is 18.8 Å². The fraction of sp³-hybridized carbons (Fsp3) is 0.344. The molecular weight excluding hydrogens is 638 g/mol. The van der Waals surface area contributed by atoms with Gasteiger partial charge in [-0.05, 0) is 60.2 Å². The highest BCUT2D eigenvalue weighted by Gasteiger charge is 2.24. The van der Waals surface area contributed by atoms with E-state index in [4.69, 9.17) is 23.2 Å². The van der Waals surface area contributed by atoms with Gasteiger partial charge in [0, 0.05) is 74.7 Å². The molecule has 0 radical (unpaired) electrons. The van der Waals surface area contributed by atoms with Crippen molar-refractivity contribution in [2.75, 3.05) is 31.1 Å². The molecule has 0 bridgehead atoms. The molecule has 6 rings (SSSR count). The zero-order chi connectivity index (χ0) is 31.5. The van der Waals surface area contributed by atoms with Crippen LogP contribution in [0.5, 0.6) is 0 Å². The van der Waals surface area contributed by atoms with Crippen molar-refractivity contribution in [3.8, 4) is 0 Å². The number of carbonyl (C=O) groups is 1. The lowest BCUT2D eigenvalue weighted by Gasteiger charge is -2.36. The first kappa shape index (κ1) is 31.3. The molecule has 2 aromatic carbocycles.